The fourth-order valence-corrected chi connectivity index (χ4v) is 1.25. The van der Waals surface area contributed by atoms with Crippen LogP contribution < -0.4 is 3.69 Å². The van der Waals surface area contributed by atoms with Gasteiger partial charge in [0.1, 0.15) is 5.82 Å². The zero-order valence-corrected chi connectivity index (χ0v) is 7.09. The first-order chi connectivity index (χ1) is 5.57. The van der Waals surface area contributed by atoms with E-state index in [2.05, 4.69) is 0 Å². The van der Waals surface area contributed by atoms with E-state index >= 15 is 0 Å². The van der Waals surface area contributed by atoms with Gasteiger partial charge in [-0.25, -0.2) is 17.6 Å². The van der Waals surface area contributed by atoms with Crippen molar-refractivity contribution in [3.05, 3.63) is 29.3 Å². The van der Waals surface area contributed by atoms with Crippen LogP contribution in [0.5, 0.6) is 0 Å². The Kier molecular flexibility index (Phi) is 2.89. The summed E-state index contributed by atoms with van der Waals surface area (Å²) in [6, 6.07) is 0.347. The second kappa shape index (κ2) is 3.57. The Hall–Kier alpha value is -0.364. The van der Waals surface area contributed by atoms with Crippen LogP contribution in [0.1, 0.15) is 0 Å². The molecule has 0 aromatic heterocycles. The summed E-state index contributed by atoms with van der Waals surface area (Å²) in [4.78, 5) is 0. The van der Waals surface area contributed by atoms with E-state index in [4.69, 9.17) is 0 Å². The van der Waals surface area contributed by atoms with Crippen molar-refractivity contribution in [2.24, 2.45) is 0 Å². The Morgan fingerprint density at radius 2 is 1.50 bits per heavy atom. The summed E-state index contributed by atoms with van der Waals surface area (Å²) in [6.45, 7) is 0. The van der Waals surface area contributed by atoms with Crippen LogP contribution in [0.4, 0.5) is 20.5 Å². The molecule has 0 heterocycles. The molecule has 0 atom stereocenters. The smallest absolute Gasteiger partial charge is 0.475 e. The van der Waals surface area contributed by atoms with Gasteiger partial charge in [-0.2, -0.15) is 0 Å². The molecule has 1 aromatic carbocycles. The number of halogens is 5. The normalized spacial score (nSPS) is 9.75. The lowest BCUT2D eigenvalue weighted by Crippen LogP contribution is -2.19. The third-order valence-electron chi connectivity index (χ3n) is 1.32. The first-order valence-corrected chi connectivity index (χ1v) is 4.20. The molecule has 0 aliphatic carbocycles. The maximum absolute atomic E-state index is 12.5. The highest BCUT2D eigenvalue weighted by Crippen LogP contribution is 2.11. The van der Waals surface area contributed by atoms with Gasteiger partial charge in [-0.1, -0.05) is 3.69 Å². The van der Waals surface area contributed by atoms with E-state index in [0.29, 0.717) is 6.07 Å². The molecule has 0 radical (unpaired) electrons. The van der Waals surface area contributed by atoms with Crippen molar-refractivity contribution in [1.29, 1.82) is 0 Å². The summed E-state index contributed by atoms with van der Waals surface area (Å²) >= 11 is -2.52. The Bertz CT molecular complexity index is 311. The molecule has 0 bridgehead atoms. The van der Waals surface area contributed by atoms with Crippen LogP contribution >= 0.6 is 0 Å². The van der Waals surface area contributed by atoms with Crippen molar-refractivity contribution in [2.75, 3.05) is 0 Å². The molecule has 0 spiro atoms. The average Bonchev–Trinajstić information content (AvgIpc) is 2.08. The molecule has 0 fully saturated rings. The minimum absolute atomic E-state index is 0.347. The summed E-state index contributed by atoms with van der Waals surface area (Å²) in [5.74, 6) is -7.04. The van der Waals surface area contributed by atoms with Crippen LogP contribution in [0.15, 0.2) is 6.07 Å². The van der Waals surface area contributed by atoms with E-state index in [0.717, 1.165) is 0 Å². The summed E-state index contributed by atoms with van der Waals surface area (Å²) in [5.41, 5.74) is 0. The standard InChI is InChI=1S/C6HF4.FH.Mg/c7-3-1-2-4(8)6(10)5(3)9;;/h1H;1H;/q;;+1/p-1. The van der Waals surface area contributed by atoms with Crippen LogP contribution in [-0.4, -0.2) is 20.9 Å². The summed E-state index contributed by atoms with van der Waals surface area (Å²) in [5, 5.41) is 0. The Balaban J connectivity index is 3.39. The lowest BCUT2D eigenvalue weighted by atomic mass is 10.3. The molecule has 62 valence electrons. The first kappa shape index (κ1) is 9.72. The molecular formula is C6HF5Mg. The largest absolute Gasteiger partial charge is 0.655 e. The summed E-state index contributed by atoms with van der Waals surface area (Å²) in [7, 11) is 0. The highest BCUT2D eigenvalue weighted by molar-refractivity contribution is 6.46. The van der Waals surface area contributed by atoms with Gasteiger partial charge in [0, 0.05) is 0 Å². The molecule has 0 amide bonds. The number of hydrogen-bond acceptors (Lipinski definition) is 0. The fourth-order valence-electron chi connectivity index (χ4n) is 0.719. The average molecular weight is 192 g/mol. The Morgan fingerprint density at radius 1 is 0.917 bits per heavy atom. The van der Waals surface area contributed by atoms with Crippen LogP contribution in [0.3, 0.4) is 0 Å². The number of benzene rings is 1. The molecule has 0 aliphatic rings. The molecule has 0 unspecified atom stereocenters. The second-order valence-electron chi connectivity index (χ2n) is 2.09. The van der Waals surface area contributed by atoms with E-state index in [9.17, 15) is 20.5 Å². The fraction of sp³-hybridized carbons (Fsp3) is 0. The third-order valence-corrected chi connectivity index (χ3v) is 2.12. The summed E-state index contributed by atoms with van der Waals surface area (Å²) < 4.78 is 60.5. The van der Waals surface area contributed by atoms with Gasteiger partial charge < -0.3 is 2.96 Å². The molecule has 6 heteroatoms. The summed E-state index contributed by atoms with van der Waals surface area (Å²) in [6.07, 6.45) is 0. The Morgan fingerprint density at radius 3 is 2.00 bits per heavy atom. The van der Waals surface area contributed by atoms with Gasteiger partial charge in [0.15, 0.2) is 17.5 Å². The van der Waals surface area contributed by atoms with Gasteiger partial charge in [0.25, 0.3) is 0 Å². The molecule has 1 aromatic rings. The van der Waals surface area contributed by atoms with Crippen molar-refractivity contribution in [3.8, 4) is 0 Å². The van der Waals surface area contributed by atoms with Gasteiger partial charge in [0.2, 0.25) is 0 Å². The van der Waals surface area contributed by atoms with E-state index in [1.807, 2.05) is 0 Å². The third kappa shape index (κ3) is 1.54. The molecule has 12 heavy (non-hydrogen) atoms. The first-order valence-electron chi connectivity index (χ1n) is 2.95. The quantitative estimate of drug-likeness (QED) is 0.273. The van der Waals surface area contributed by atoms with Crippen LogP contribution in [0.25, 0.3) is 0 Å². The minimum atomic E-state index is -2.52. The maximum Gasteiger partial charge on any atom is 0.655 e. The van der Waals surface area contributed by atoms with E-state index in [1.165, 1.54) is 0 Å². The molecule has 0 N–H and O–H groups in total. The van der Waals surface area contributed by atoms with Crippen molar-refractivity contribution in [2.45, 2.75) is 0 Å². The second-order valence-corrected chi connectivity index (χ2v) is 3.12. The number of rotatable bonds is 1. The van der Waals surface area contributed by atoms with Crippen LogP contribution in [0.2, 0.25) is 0 Å². The molecule has 0 aliphatic heterocycles. The van der Waals surface area contributed by atoms with Crippen molar-refractivity contribution in [1.82, 2.24) is 0 Å². The topological polar surface area (TPSA) is 0 Å². The lowest BCUT2D eigenvalue weighted by molar-refractivity contribution is 0.412. The Labute approximate surface area is 74.8 Å². The van der Waals surface area contributed by atoms with E-state index in [1.54, 1.807) is 0 Å². The highest BCUT2D eigenvalue weighted by atomic mass is 24.6. The molecule has 0 saturated heterocycles. The zero-order chi connectivity index (χ0) is 9.30. The predicted octanol–water partition coefficient (Wildman–Crippen LogP) is 1.46. The number of hydrogen-bond donors (Lipinski definition) is 0. The van der Waals surface area contributed by atoms with Crippen LogP contribution in [0, 0.1) is 23.3 Å². The molecule has 0 nitrogen and oxygen atoms in total. The monoisotopic (exact) mass is 192 g/mol. The van der Waals surface area contributed by atoms with Gasteiger partial charge in [0.05, 0.1) is 0 Å². The van der Waals surface area contributed by atoms with Gasteiger partial charge in [-0.05, 0) is 6.07 Å². The van der Waals surface area contributed by atoms with Gasteiger partial charge >= 0.3 is 20.9 Å². The van der Waals surface area contributed by atoms with Gasteiger partial charge in [-0.15, -0.1) is 0 Å². The van der Waals surface area contributed by atoms with Gasteiger partial charge in [-0.3, -0.25) is 0 Å². The predicted molar refractivity (Wildman–Crippen MR) is 32.8 cm³/mol. The van der Waals surface area contributed by atoms with E-state index < -0.39 is 47.9 Å². The zero-order valence-electron chi connectivity index (χ0n) is 5.67. The highest BCUT2D eigenvalue weighted by Gasteiger charge is 2.19. The minimum Gasteiger partial charge on any atom is -0.475 e. The molecule has 1 rings (SSSR count). The van der Waals surface area contributed by atoms with Crippen LogP contribution in [-0.2, 0) is 0 Å². The molecular weight excluding hydrogens is 191 g/mol. The lowest BCUT2D eigenvalue weighted by Gasteiger charge is -2.00. The van der Waals surface area contributed by atoms with E-state index in [-0.39, 0.29) is 0 Å². The SMILES string of the molecule is [F][Mg][c]1cc(F)c(F)c(F)c1F. The van der Waals surface area contributed by atoms with Crippen molar-refractivity contribution >= 4 is 24.6 Å². The van der Waals surface area contributed by atoms with Crippen molar-refractivity contribution < 1.29 is 20.5 Å². The maximum atomic E-state index is 12.5. The van der Waals surface area contributed by atoms with Crippen molar-refractivity contribution in [3.63, 3.8) is 0 Å². The molecule has 0 saturated carbocycles.